The van der Waals surface area contributed by atoms with Crippen molar-refractivity contribution in [2.45, 2.75) is 13.5 Å². The Morgan fingerprint density at radius 2 is 2.27 bits per heavy atom. The van der Waals surface area contributed by atoms with Gasteiger partial charge in [-0.2, -0.15) is 5.10 Å². The molecule has 7 heteroatoms. The number of aromatic amines is 1. The van der Waals surface area contributed by atoms with Gasteiger partial charge in [0.15, 0.2) is 5.69 Å². The van der Waals surface area contributed by atoms with Gasteiger partial charge in [-0.15, -0.1) is 0 Å². The van der Waals surface area contributed by atoms with E-state index in [1.165, 1.54) is 17.0 Å². The molecule has 2 aromatic rings. The zero-order chi connectivity index (χ0) is 15.9. The number of ether oxygens (including phenoxy) is 1. The smallest absolute Gasteiger partial charge is 0.274 e. The maximum atomic E-state index is 13.0. The number of carbonyl (C=O) groups excluding carboxylic acids is 1. The number of likely N-dealkylation sites (N-methyl/N-ethyl adjacent to an activating group) is 1. The first kappa shape index (κ1) is 16.0. The minimum atomic E-state index is -0.374. The fraction of sp³-hybridized carbons (Fsp3) is 0.333. The Kier molecular flexibility index (Phi) is 5.48. The van der Waals surface area contributed by atoms with Crippen LogP contribution in [-0.4, -0.2) is 45.8 Å². The van der Waals surface area contributed by atoms with Crippen LogP contribution in [0.3, 0.4) is 0 Å². The van der Waals surface area contributed by atoms with E-state index in [1.807, 2.05) is 6.92 Å². The van der Waals surface area contributed by atoms with Gasteiger partial charge in [-0.05, 0) is 25.1 Å². The summed E-state index contributed by atoms with van der Waals surface area (Å²) in [7, 11) is 0. The fourth-order valence-electron chi connectivity index (χ4n) is 1.95. The van der Waals surface area contributed by atoms with Gasteiger partial charge in [0.1, 0.15) is 18.2 Å². The van der Waals surface area contributed by atoms with E-state index < -0.39 is 0 Å². The van der Waals surface area contributed by atoms with E-state index in [0.29, 0.717) is 18.0 Å². The third-order valence-electron chi connectivity index (χ3n) is 3.08. The first-order chi connectivity index (χ1) is 10.6. The lowest BCUT2D eigenvalue weighted by Crippen LogP contribution is -2.33. The highest BCUT2D eigenvalue weighted by Gasteiger charge is 2.17. The molecule has 1 aromatic carbocycles. The van der Waals surface area contributed by atoms with Gasteiger partial charge in [0.2, 0.25) is 0 Å². The number of carbonyl (C=O) groups is 1. The van der Waals surface area contributed by atoms with E-state index in [0.717, 1.165) is 0 Å². The van der Waals surface area contributed by atoms with E-state index in [2.05, 4.69) is 10.2 Å². The van der Waals surface area contributed by atoms with Gasteiger partial charge in [0, 0.05) is 19.2 Å². The number of halogens is 1. The summed E-state index contributed by atoms with van der Waals surface area (Å²) in [6.45, 7) is 2.63. The molecule has 2 N–H and O–H groups in total. The first-order valence-electron chi connectivity index (χ1n) is 6.96. The van der Waals surface area contributed by atoms with E-state index in [9.17, 15) is 9.18 Å². The van der Waals surface area contributed by atoms with Crippen molar-refractivity contribution >= 4 is 5.91 Å². The number of rotatable bonds is 7. The Morgan fingerprint density at radius 1 is 1.45 bits per heavy atom. The molecule has 1 aromatic heterocycles. The van der Waals surface area contributed by atoms with Crippen LogP contribution in [0.5, 0.6) is 5.75 Å². The van der Waals surface area contributed by atoms with Crippen LogP contribution < -0.4 is 4.74 Å². The number of aromatic nitrogens is 2. The minimum absolute atomic E-state index is 0.0977. The summed E-state index contributed by atoms with van der Waals surface area (Å²) in [4.78, 5) is 13.6. The van der Waals surface area contributed by atoms with Gasteiger partial charge < -0.3 is 14.7 Å². The number of aliphatic hydroxyl groups excluding tert-OH is 1. The third-order valence-corrected chi connectivity index (χ3v) is 3.08. The molecule has 0 radical (unpaired) electrons. The van der Waals surface area contributed by atoms with Crippen LogP contribution in [0.25, 0.3) is 0 Å². The van der Waals surface area contributed by atoms with Gasteiger partial charge in [-0.25, -0.2) is 4.39 Å². The largest absolute Gasteiger partial charge is 0.487 e. The quantitative estimate of drug-likeness (QED) is 0.814. The lowest BCUT2D eigenvalue weighted by Gasteiger charge is -2.17. The maximum Gasteiger partial charge on any atom is 0.274 e. The lowest BCUT2D eigenvalue weighted by molar-refractivity contribution is 0.0726. The van der Waals surface area contributed by atoms with E-state index in [4.69, 9.17) is 9.84 Å². The summed E-state index contributed by atoms with van der Waals surface area (Å²) in [5.74, 6) is -0.233. The molecular weight excluding hydrogens is 289 g/mol. The topological polar surface area (TPSA) is 78.5 Å². The SMILES string of the molecule is CCN(CCO)C(=O)c1cc(COc2cccc(F)c2)[nH]n1. The maximum absolute atomic E-state index is 13.0. The van der Waals surface area contributed by atoms with Crippen molar-refractivity contribution in [3.63, 3.8) is 0 Å². The molecule has 2 rings (SSSR count). The van der Waals surface area contributed by atoms with Crippen LogP contribution in [0.4, 0.5) is 4.39 Å². The Labute approximate surface area is 127 Å². The molecule has 6 nitrogen and oxygen atoms in total. The number of H-pyrrole nitrogens is 1. The van der Waals surface area contributed by atoms with E-state index in [1.54, 1.807) is 18.2 Å². The van der Waals surface area contributed by atoms with Crippen molar-refractivity contribution in [1.82, 2.24) is 15.1 Å². The fourth-order valence-corrected chi connectivity index (χ4v) is 1.95. The Hall–Kier alpha value is -2.41. The van der Waals surface area contributed by atoms with Crippen molar-refractivity contribution in [1.29, 1.82) is 0 Å². The molecule has 0 aliphatic carbocycles. The molecule has 0 saturated heterocycles. The summed E-state index contributed by atoms with van der Waals surface area (Å²) in [5, 5.41) is 15.6. The van der Waals surface area contributed by atoms with Crippen molar-refractivity contribution in [2.24, 2.45) is 0 Å². The van der Waals surface area contributed by atoms with Crippen LogP contribution in [0.15, 0.2) is 30.3 Å². The Balaban J connectivity index is 1.97. The van der Waals surface area contributed by atoms with Crippen LogP contribution >= 0.6 is 0 Å². The number of benzene rings is 1. The highest BCUT2D eigenvalue weighted by molar-refractivity contribution is 5.92. The van der Waals surface area contributed by atoms with E-state index >= 15 is 0 Å². The number of hydrogen-bond acceptors (Lipinski definition) is 4. The van der Waals surface area contributed by atoms with Crippen molar-refractivity contribution < 1.29 is 19.0 Å². The number of amides is 1. The molecule has 0 atom stereocenters. The van der Waals surface area contributed by atoms with Gasteiger partial charge >= 0.3 is 0 Å². The number of nitrogens with zero attached hydrogens (tertiary/aromatic N) is 2. The summed E-state index contributed by atoms with van der Waals surface area (Å²) in [6, 6.07) is 7.40. The zero-order valence-corrected chi connectivity index (χ0v) is 12.3. The summed E-state index contributed by atoms with van der Waals surface area (Å²) in [6.07, 6.45) is 0. The van der Waals surface area contributed by atoms with Crippen molar-refractivity contribution in [2.75, 3.05) is 19.7 Å². The molecular formula is C15H18FN3O3. The van der Waals surface area contributed by atoms with Gasteiger partial charge in [-0.1, -0.05) is 6.07 Å². The predicted octanol–water partition coefficient (Wildman–Crippen LogP) is 1.58. The average Bonchev–Trinajstić information content (AvgIpc) is 2.99. The van der Waals surface area contributed by atoms with Crippen molar-refractivity contribution in [3.05, 3.63) is 47.5 Å². The number of nitrogens with one attached hydrogen (secondary N) is 1. The lowest BCUT2D eigenvalue weighted by atomic mass is 10.3. The van der Waals surface area contributed by atoms with Crippen LogP contribution in [-0.2, 0) is 6.61 Å². The second-order valence-electron chi connectivity index (χ2n) is 4.63. The number of aliphatic hydroxyl groups is 1. The summed E-state index contributed by atoms with van der Waals surface area (Å²) in [5.41, 5.74) is 0.862. The van der Waals surface area contributed by atoms with Gasteiger partial charge in [0.25, 0.3) is 5.91 Å². The van der Waals surface area contributed by atoms with Crippen LogP contribution in [0.2, 0.25) is 0 Å². The highest BCUT2D eigenvalue weighted by atomic mass is 19.1. The molecule has 0 saturated carbocycles. The standard InChI is InChI=1S/C15H18FN3O3/c1-2-19(6-7-20)15(21)14-9-12(17-18-14)10-22-13-5-3-4-11(16)8-13/h3-5,8-9,20H,2,6-7,10H2,1H3,(H,17,18). The van der Waals surface area contributed by atoms with Crippen LogP contribution in [0, 0.1) is 5.82 Å². The third kappa shape index (κ3) is 4.05. The predicted molar refractivity (Wildman–Crippen MR) is 78.0 cm³/mol. The first-order valence-corrected chi connectivity index (χ1v) is 6.96. The Bertz CT molecular complexity index is 630. The minimum Gasteiger partial charge on any atom is -0.487 e. The molecule has 22 heavy (non-hydrogen) atoms. The summed E-state index contributed by atoms with van der Waals surface area (Å²) < 4.78 is 18.5. The highest BCUT2D eigenvalue weighted by Crippen LogP contribution is 2.14. The molecule has 0 aliphatic heterocycles. The molecule has 118 valence electrons. The monoisotopic (exact) mass is 307 g/mol. The van der Waals surface area contributed by atoms with Gasteiger partial charge in [0.05, 0.1) is 12.3 Å². The van der Waals surface area contributed by atoms with E-state index in [-0.39, 0.29) is 37.2 Å². The normalized spacial score (nSPS) is 10.5. The Morgan fingerprint density at radius 3 is 2.95 bits per heavy atom. The second-order valence-corrected chi connectivity index (χ2v) is 4.63. The molecule has 1 amide bonds. The van der Waals surface area contributed by atoms with Gasteiger partial charge in [-0.3, -0.25) is 9.89 Å². The molecule has 1 heterocycles. The van der Waals surface area contributed by atoms with Crippen LogP contribution in [0.1, 0.15) is 23.1 Å². The molecule has 0 bridgehead atoms. The summed E-state index contributed by atoms with van der Waals surface area (Å²) >= 11 is 0. The number of hydrogen-bond donors (Lipinski definition) is 2. The molecule has 0 unspecified atom stereocenters. The molecule has 0 aliphatic rings. The molecule has 0 fully saturated rings. The second kappa shape index (κ2) is 7.56. The average molecular weight is 307 g/mol. The molecule has 0 spiro atoms. The van der Waals surface area contributed by atoms with Crippen molar-refractivity contribution in [3.8, 4) is 5.75 Å². The zero-order valence-electron chi connectivity index (χ0n) is 12.3.